The molecule has 5 N–H and O–H groups in total. The van der Waals surface area contributed by atoms with Crippen LogP contribution in [0.2, 0.25) is 0 Å². The highest BCUT2D eigenvalue weighted by Gasteiger charge is 2.59. The van der Waals surface area contributed by atoms with Crippen molar-refractivity contribution < 1.29 is 32.3 Å². The fourth-order valence-electron chi connectivity index (χ4n) is 9.41. The molecule has 4 bridgehead atoms. The number of ether oxygens (including phenoxy) is 1. The molecule has 4 aliphatic carbocycles. The number of alkyl halides is 3. The molecule has 7 rings (SSSR count). The first-order chi connectivity index (χ1) is 25.6. The van der Waals surface area contributed by atoms with E-state index in [1.165, 1.54) is 27.3 Å². The number of rotatable bonds is 9. The number of anilines is 3. The van der Waals surface area contributed by atoms with Crippen molar-refractivity contribution in [3.63, 3.8) is 0 Å². The topological polar surface area (TPSA) is 149 Å². The number of benzene rings is 2. The van der Waals surface area contributed by atoms with Crippen LogP contribution in [0, 0.1) is 30.1 Å². The summed E-state index contributed by atoms with van der Waals surface area (Å²) >= 11 is 0. The maximum Gasteiger partial charge on any atom is 0.419 e. The Balaban J connectivity index is 1.18. The smallest absolute Gasteiger partial charge is 0.419 e. The van der Waals surface area contributed by atoms with Gasteiger partial charge in [-0.25, -0.2) is 0 Å². The summed E-state index contributed by atoms with van der Waals surface area (Å²) in [5.74, 6) is 0.330. The summed E-state index contributed by atoms with van der Waals surface area (Å²) in [4.78, 5) is 49.1. The Morgan fingerprint density at radius 2 is 1.76 bits per heavy atom. The molecule has 290 valence electrons. The van der Waals surface area contributed by atoms with Gasteiger partial charge in [0.15, 0.2) is 0 Å². The van der Waals surface area contributed by atoms with Gasteiger partial charge >= 0.3 is 6.18 Å². The largest absolute Gasteiger partial charge is 0.494 e. The zero-order valence-electron chi connectivity index (χ0n) is 31.3. The number of aryl methyl sites for hydroxylation is 1. The summed E-state index contributed by atoms with van der Waals surface area (Å²) in [6.07, 6.45) is 0.882. The van der Waals surface area contributed by atoms with Crippen LogP contribution in [0.4, 0.5) is 30.2 Å². The van der Waals surface area contributed by atoms with Crippen LogP contribution >= 0.6 is 0 Å². The minimum atomic E-state index is -4.85. The lowest BCUT2D eigenvalue weighted by atomic mass is 9.47. The quantitative estimate of drug-likeness (QED) is 0.162. The second-order valence-corrected chi connectivity index (χ2v) is 15.1. The SMILES string of the molecule is C=C(C(=NC(=NC)Nc1ccc(NC(=O)C23CC4CC(C2)C(N2CC[C@H](NC(C)=O)C2)C(C4)C3)cc1OC)Nc1c(C)cccc1C(=O)NC)C(F)(F)F. The van der Waals surface area contributed by atoms with Crippen LogP contribution in [0.3, 0.4) is 0 Å². The van der Waals surface area contributed by atoms with E-state index < -0.39 is 28.9 Å². The van der Waals surface area contributed by atoms with Crippen molar-refractivity contribution in [1.82, 2.24) is 15.5 Å². The second kappa shape index (κ2) is 15.4. The highest BCUT2D eigenvalue weighted by atomic mass is 19.4. The monoisotopic (exact) mass is 750 g/mol. The van der Waals surface area contributed by atoms with Crippen molar-refractivity contribution >= 4 is 46.6 Å². The summed E-state index contributed by atoms with van der Waals surface area (Å²) in [6, 6.07) is 10.4. The zero-order valence-corrected chi connectivity index (χ0v) is 31.3. The second-order valence-electron chi connectivity index (χ2n) is 15.1. The number of likely N-dealkylation sites (tertiary alicyclic amines) is 1. The number of amides is 3. The Labute approximate surface area is 313 Å². The van der Waals surface area contributed by atoms with Crippen molar-refractivity contribution in [3.05, 3.63) is 59.7 Å². The van der Waals surface area contributed by atoms with Gasteiger partial charge < -0.3 is 31.3 Å². The third kappa shape index (κ3) is 7.96. The molecule has 2 aromatic rings. The minimum absolute atomic E-state index is 0.00148. The summed E-state index contributed by atoms with van der Waals surface area (Å²) in [5, 5.41) is 14.3. The van der Waals surface area contributed by atoms with E-state index in [-0.39, 0.29) is 35.1 Å². The molecule has 1 aliphatic heterocycles. The lowest BCUT2D eigenvalue weighted by Crippen LogP contribution is -2.61. The molecule has 12 nitrogen and oxygen atoms in total. The molecular weight excluding hydrogens is 701 g/mol. The van der Waals surface area contributed by atoms with Gasteiger partial charge in [0.25, 0.3) is 5.91 Å². The maximum absolute atomic E-state index is 14.1. The Bertz CT molecular complexity index is 1860. The van der Waals surface area contributed by atoms with Crippen LogP contribution in [-0.4, -0.2) is 87.0 Å². The van der Waals surface area contributed by atoms with Crippen molar-refractivity contribution in [2.75, 3.05) is 50.2 Å². The first-order valence-electron chi connectivity index (χ1n) is 18.3. The predicted molar refractivity (Wildman–Crippen MR) is 203 cm³/mol. The summed E-state index contributed by atoms with van der Waals surface area (Å²) in [6.45, 7) is 8.27. The maximum atomic E-state index is 14.1. The molecule has 0 spiro atoms. The Morgan fingerprint density at radius 1 is 1.04 bits per heavy atom. The molecule has 2 aromatic carbocycles. The number of aliphatic imine (C=N–C) groups is 2. The van der Waals surface area contributed by atoms with Crippen LogP contribution < -0.4 is 31.3 Å². The van der Waals surface area contributed by atoms with E-state index in [0.29, 0.717) is 46.5 Å². The van der Waals surface area contributed by atoms with E-state index in [2.05, 4.69) is 48.0 Å². The molecular formula is C39H49F3N8O4. The molecule has 15 heteroatoms. The number of nitrogens with zero attached hydrogens (tertiary/aromatic N) is 3. The molecule has 3 amide bonds. The lowest BCUT2D eigenvalue weighted by Gasteiger charge is -2.61. The fraction of sp³-hybridized carbons (Fsp3) is 0.513. The van der Waals surface area contributed by atoms with Gasteiger partial charge in [0.1, 0.15) is 11.6 Å². The molecule has 1 heterocycles. The molecule has 1 saturated heterocycles. The van der Waals surface area contributed by atoms with Gasteiger partial charge in [-0.1, -0.05) is 18.7 Å². The summed E-state index contributed by atoms with van der Waals surface area (Å²) < 4.78 is 47.7. The van der Waals surface area contributed by atoms with Gasteiger partial charge in [0.2, 0.25) is 17.8 Å². The zero-order chi connectivity index (χ0) is 38.9. The van der Waals surface area contributed by atoms with Gasteiger partial charge in [-0.2, -0.15) is 18.2 Å². The first-order valence-corrected chi connectivity index (χ1v) is 18.3. The number of amidine groups is 1. The third-order valence-corrected chi connectivity index (χ3v) is 11.5. The van der Waals surface area contributed by atoms with Crippen LogP contribution in [-0.2, 0) is 9.59 Å². The average molecular weight is 751 g/mol. The first kappa shape index (κ1) is 38.8. The fourth-order valence-corrected chi connectivity index (χ4v) is 9.41. The van der Waals surface area contributed by atoms with Gasteiger partial charge in [-0.15, -0.1) is 0 Å². The van der Waals surface area contributed by atoms with Crippen LogP contribution in [0.25, 0.3) is 0 Å². The van der Waals surface area contributed by atoms with E-state index in [1.807, 2.05) is 0 Å². The number of hydrogen-bond donors (Lipinski definition) is 5. The van der Waals surface area contributed by atoms with E-state index in [0.717, 1.165) is 51.6 Å². The highest BCUT2D eigenvalue weighted by Crippen LogP contribution is 2.61. The van der Waals surface area contributed by atoms with Gasteiger partial charge in [-0.05, 0) is 87.0 Å². The Morgan fingerprint density at radius 3 is 2.39 bits per heavy atom. The normalized spacial score (nSPS) is 26.6. The van der Waals surface area contributed by atoms with Crippen LogP contribution in [0.15, 0.2) is 58.5 Å². The molecule has 5 aliphatic rings. The number of hydrogen-bond acceptors (Lipinski definition) is 6. The Hall–Kier alpha value is -4.92. The van der Waals surface area contributed by atoms with E-state index in [9.17, 15) is 27.6 Å². The number of guanidine groups is 1. The number of carbonyl (C=O) groups is 3. The van der Waals surface area contributed by atoms with E-state index in [1.54, 1.807) is 44.2 Å². The lowest BCUT2D eigenvalue weighted by molar-refractivity contribution is -0.150. The number of para-hydroxylation sites is 1. The van der Waals surface area contributed by atoms with Crippen LogP contribution in [0.5, 0.6) is 5.75 Å². The standard InChI is InChI=1S/C39H49F3N8O4/c1-21-8-7-9-29(35(52)43-4)32(21)48-34(22(2)39(40,41)42)49-37(44-5)47-30-11-10-27(16-31(30)54-6)46-36(53)38-17-24-14-25(18-38)33(26(15-24)19-38)50-13-12-28(20-50)45-23(3)51/h7-11,16,24-26,28,33H,2,12-15,17-20H2,1,3-6H3,(H,43,52)(H,45,51)(H,46,53)(H2,44,47,48,49)/t24?,25?,26?,28-,33?,38?/m0/s1. The number of carbonyl (C=O) groups excluding carboxylic acids is 3. The van der Waals surface area contributed by atoms with E-state index >= 15 is 0 Å². The molecule has 0 radical (unpaired) electrons. The van der Waals surface area contributed by atoms with Crippen molar-refractivity contribution in [2.45, 2.75) is 70.6 Å². The van der Waals surface area contributed by atoms with Crippen molar-refractivity contribution in [1.29, 1.82) is 0 Å². The summed E-state index contributed by atoms with van der Waals surface area (Å²) in [5.41, 5.74) is -0.0805. The average Bonchev–Trinajstić information content (AvgIpc) is 3.57. The third-order valence-electron chi connectivity index (χ3n) is 11.5. The predicted octanol–water partition coefficient (Wildman–Crippen LogP) is 5.73. The van der Waals surface area contributed by atoms with Gasteiger partial charge in [0, 0.05) is 57.9 Å². The van der Waals surface area contributed by atoms with Gasteiger partial charge in [0.05, 0.1) is 35.0 Å². The minimum Gasteiger partial charge on any atom is -0.494 e. The Kier molecular flexibility index (Phi) is 11.1. The number of halogens is 3. The molecule has 2 unspecified atom stereocenters. The molecule has 5 fully saturated rings. The van der Waals surface area contributed by atoms with Gasteiger partial charge in [-0.3, -0.25) is 24.3 Å². The van der Waals surface area contributed by atoms with E-state index in [4.69, 9.17) is 4.74 Å². The van der Waals surface area contributed by atoms with Crippen molar-refractivity contribution in [3.8, 4) is 5.75 Å². The molecule has 3 atom stereocenters. The highest BCUT2D eigenvalue weighted by molar-refractivity contribution is 6.17. The van der Waals surface area contributed by atoms with Crippen LogP contribution in [0.1, 0.15) is 61.4 Å². The molecule has 54 heavy (non-hydrogen) atoms. The molecule has 0 aromatic heterocycles. The molecule has 4 saturated carbocycles. The number of nitrogens with one attached hydrogen (secondary N) is 5. The number of methoxy groups -OCH3 is 1. The summed E-state index contributed by atoms with van der Waals surface area (Å²) in [7, 11) is 4.24. The van der Waals surface area contributed by atoms with Crippen molar-refractivity contribution in [2.24, 2.45) is 33.2 Å².